The van der Waals surface area contributed by atoms with Gasteiger partial charge in [0.2, 0.25) is 5.78 Å². The number of hydrogen-bond donors (Lipinski definition) is 1. The Morgan fingerprint density at radius 3 is 2.54 bits per heavy atom. The number of furan rings is 1. The number of hydrogen-bond acceptors (Lipinski definition) is 4. The van der Waals surface area contributed by atoms with E-state index in [2.05, 4.69) is 0 Å². The van der Waals surface area contributed by atoms with Gasteiger partial charge in [-0.3, -0.25) is 4.79 Å². The summed E-state index contributed by atoms with van der Waals surface area (Å²) in [5.41, 5.74) is 1.47. The molecule has 5 heteroatoms. The molecular formula is C19H14O5. The molecule has 0 atom stereocenters. The van der Waals surface area contributed by atoms with Gasteiger partial charge in [-0.05, 0) is 35.9 Å². The fraction of sp³-hybridized carbons (Fsp3) is 0.0526. The van der Waals surface area contributed by atoms with Crippen LogP contribution >= 0.6 is 0 Å². The summed E-state index contributed by atoms with van der Waals surface area (Å²) in [6.07, 6.45) is 3.10. The smallest absolute Gasteiger partial charge is 0.341 e. The van der Waals surface area contributed by atoms with Crippen molar-refractivity contribution in [1.82, 2.24) is 0 Å². The van der Waals surface area contributed by atoms with E-state index in [-0.39, 0.29) is 18.2 Å². The van der Waals surface area contributed by atoms with Gasteiger partial charge in [0.15, 0.2) is 12.4 Å². The van der Waals surface area contributed by atoms with E-state index >= 15 is 0 Å². The predicted molar refractivity (Wildman–Crippen MR) is 89.2 cm³/mol. The molecule has 0 amide bonds. The highest BCUT2D eigenvalue weighted by Crippen LogP contribution is 2.20. The molecule has 1 heterocycles. The second kappa shape index (κ2) is 6.83. The summed E-state index contributed by atoms with van der Waals surface area (Å²) in [5.74, 6) is -0.514. The topological polar surface area (TPSA) is 76.7 Å². The first-order chi connectivity index (χ1) is 11.6. The zero-order chi connectivity index (χ0) is 16.9. The van der Waals surface area contributed by atoms with E-state index in [0.717, 1.165) is 10.9 Å². The largest absolute Gasteiger partial charge is 0.482 e. The average molecular weight is 322 g/mol. The van der Waals surface area contributed by atoms with Gasteiger partial charge in [-0.25, -0.2) is 4.79 Å². The highest BCUT2D eigenvalue weighted by molar-refractivity contribution is 6.06. The lowest BCUT2D eigenvalue weighted by Crippen LogP contribution is -2.09. The van der Waals surface area contributed by atoms with Crippen molar-refractivity contribution < 1.29 is 23.8 Å². The van der Waals surface area contributed by atoms with Crippen LogP contribution in [0.15, 0.2) is 65.1 Å². The highest BCUT2D eigenvalue weighted by Gasteiger charge is 2.08. The molecule has 2 aromatic carbocycles. The van der Waals surface area contributed by atoms with E-state index in [1.54, 1.807) is 36.4 Å². The third kappa shape index (κ3) is 3.70. The molecule has 0 spiro atoms. The second-order valence-corrected chi connectivity index (χ2v) is 5.10. The number of allylic oxidation sites excluding steroid dienone is 1. The number of fused-ring (bicyclic) bond motifs is 1. The quantitative estimate of drug-likeness (QED) is 0.552. The summed E-state index contributed by atoms with van der Waals surface area (Å²) in [6.45, 7) is -0.389. The molecule has 0 radical (unpaired) electrons. The van der Waals surface area contributed by atoms with Crippen LogP contribution in [0.2, 0.25) is 0 Å². The third-order valence-electron chi connectivity index (χ3n) is 3.34. The van der Waals surface area contributed by atoms with Gasteiger partial charge in [0.25, 0.3) is 0 Å². The lowest BCUT2D eigenvalue weighted by Gasteiger charge is -2.02. The van der Waals surface area contributed by atoms with Crippen molar-refractivity contribution in [2.24, 2.45) is 0 Å². The second-order valence-electron chi connectivity index (χ2n) is 5.10. The van der Waals surface area contributed by atoms with Crippen LogP contribution in [0, 0.1) is 0 Å². The minimum Gasteiger partial charge on any atom is -0.482 e. The van der Waals surface area contributed by atoms with Crippen LogP contribution in [-0.2, 0) is 4.79 Å². The molecule has 3 rings (SSSR count). The number of rotatable bonds is 6. The number of benzene rings is 2. The minimum atomic E-state index is -1.03. The van der Waals surface area contributed by atoms with Crippen molar-refractivity contribution in [2.45, 2.75) is 0 Å². The lowest BCUT2D eigenvalue weighted by molar-refractivity contribution is -0.139. The first-order valence-corrected chi connectivity index (χ1v) is 7.27. The summed E-state index contributed by atoms with van der Waals surface area (Å²) in [4.78, 5) is 22.6. The van der Waals surface area contributed by atoms with Crippen molar-refractivity contribution in [1.29, 1.82) is 0 Å². The van der Waals surface area contributed by atoms with E-state index in [1.165, 1.54) is 6.08 Å². The van der Waals surface area contributed by atoms with E-state index in [1.807, 2.05) is 24.3 Å². The molecule has 1 aromatic heterocycles. The Bertz CT molecular complexity index is 870. The van der Waals surface area contributed by atoms with Gasteiger partial charge in [0.1, 0.15) is 11.3 Å². The summed E-state index contributed by atoms with van der Waals surface area (Å²) >= 11 is 0. The molecule has 0 saturated carbocycles. The van der Waals surface area contributed by atoms with Crippen LogP contribution in [0.1, 0.15) is 16.1 Å². The summed E-state index contributed by atoms with van der Waals surface area (Å²) < 4.78 is 10.6. The molecule has 0 aliphatic heterocycles. The Morgan fingerprint density at radius 2 is 1.83 bits per heavy atom. The van der Waals surface area contributed by atoms with Crippen LogP contribution in [0.3, 0.4) is 0 Å². The van der Waals surface area contributed by atoms with Crippen molar-refractivity contribution in [3.05, 3.63) is 72.0 Å². The van der Waals surface area contributed by atoms with Gasteiger partial charge in [0, 0.05) is 5.39 Å². The Balaban J connectivity index is 1.68. The van der Waals surface area contributed by atoms with Gasteiger partial charge < -0.3 is 14.3 Å². The number of ether oxygens (including phenoxy) is 1. The average Bonchev–Trinajstić information content (AvgIpc) is 3.03. The Labute approximate surface area is 137 Å². The molecule has 0 unspecified atom stereocenters. The molecule has 120 valence electrons. The van der Waals surface area contributed by atoms with Gasteiger partial charge in [-0.2, -0.15) is 0 Å². The summed E-state index contributed by atoms with van der Waals surface area (Å²) in [7, 11) is 0. The van der Waals surface area contributed by atoms with Gasteiger partial charge in [-0.1, -0.05) is 36.4 Å². The van der Waals surface area contributed by atoms with Crippen LogP contribution in [0.25, 0.3) is 17.0 Å². The first kappa shape index (κ1) is 15.6. The van der Waals surface area contributed by atoms with Crippen molar-refractivity contribution in [2.75, 3.05) is 6.61 Å². The number of aliphatic carboxylic acids is 1. The standard InChI is InChI=1S/C19H14O5/c20-16(18-11-14-3-1-2-4-17(14)24-18)10-7-13-5-8-15(9-6-13)23-12-19(21)22/h1-11H,12H2,(H,21,22)/b10-7+. The lowest BCUT2D eigenvalue weighted by atomic mass is 10.1. The number of carboxylic acid groups (broad SMARTS) is 1. The molecule has 0 bridgehead atoms. The Hall–Kier alpha value is -3.34. The number of para-hydroxylation sites is 1. The monoisotopic (exact) mass is 322 g/mol. The summed E-state index contributed by atoms with van der Waals surface area (Å²) in [6, 6.07) is 15.9. The number of carboxylic acids is 1. The predicted octanol–water partition coefficient (Wildman–Crippen LogP) is 3.79. The molecule has 0 aliphatic rings. The number of carbonyl (C=O) groups excluding carboxylic acids is 1. The van der Waals surface area contributed by atoms with Gasteiger partial charge >= 0.3 is 5.97 Å². The van der Waals surface area contributed by atoms with Crippen LogP contribution in [0.4, 0.5) is 0 Å². The fourth-order valence-corrected chi connectivity index (χ4v) is 2.18. The van der Waals surface area contributed by atoms with Crippen molar-refractivity contribution >= 4 is 28.8 Å². The molecule has 24 heavy (non-hydrogen) atoms. The molecule has 1 N–H and O–H groups in total. The van der Waals surface area contributed by atoms with E-state index in [9.17, 15) is 9.59 Å². The first-order valence-electron chi connectivity index (χ1n) is 7.27. The zero-order valence-corrected chi connectivity index (χ0v) is 12.6. The molecule has 0 fully saturated rings. The number of carbonyl (C=O) groups is 2. The van der Waals surface area contributed by atoms with E-state index < -0.39 is 5.97 Å². The maximum absolute atomic E-state index is 12.2. The Kier molecular flexibility index (Phi) is 4.43. The highest BCUT2D eigenvalue weighted by atomic mass is 16.5. The normalized spacial score (nSPS) is 11.0. The third-order valence-corrected chi connectivity index (χ3v) is 3.34. The van der Waals surface area contributed by atoms with E-state index in [0.29, 0.717) is 11.3 Å². The van der Waals surface area contributed by atoms with E-state index in [4.69, 9.17) is 14.3 Å². The molecule has 3 aromatic rings. The fourth-order valence-electron chi connectivity index (χ4n) is 2.18. The molecule has 0 saturated heterocycles. The van der Waals surface area contributed by atoms with Crippen LogP contribution in [-0.4, -0.2) is 23.5 Å². The molecule has 5 nitrogen and oxygen atoms in total. The zero-order valence-electron chi connectivity index (χ0n) is 12.6. The maximum atomic E-state index is 12.2. The van der Waals surface area contributed by atoms with Crippen LogP contribution < -0.4 is 4.74 Å². The van der Waals surface area contributed by atoms with Crippen LogP contribution in [0.5, 0.6) is 5.75 Å². The number of ketones is 1. The SMILES string of the molecule is O=C(O)COc1ccc(/C=C/C(=O)c2cc3ccccc3o2)cc1. The molecular weight excluding hydrogens is 308 g/mol. The molecule has 0 aliphatic carbocycles. The minimum absolute atomic E-state index is 0.225. The van der Waals surface area contributed by atoms with Crippen molar-refractivity contribution in [3.8, 4) is 5.75 Å². The Morgan fingerprint density at radius 1 is 1.08 bits per heavy atom. The van der Waals surface area contributed by atoms with Gasteiger partial charge in [0.05, 0.1) is 0 Å². The maximum Gasteiger partial charge on any atom is 0.341 e. The van der Waals surface area contributed by atoms with Gasteiger partial charge in [-0.15, -0.1) is 0 Å². The summed E-state index contributed by atoms with van der Waals surface area (Å²) in [5, 5.41) is 9.44. The van der Waals surface area contributed by atoms with Crippen molar-refractivity contribution in [3.63, 3.8) is 0 Å².